The highest BCUT2D eigenvalue weighted by atomic mass is 79.9. The van der Waals surface area contributed by atoms with Crippen LogP contribution in [0.15, 0.2) is 38.0 Å². The van der Waals surface area contributed by atoms with E-state index in [0.29, 0.717) is 25.9 Å². The summed E-state index contributed by atoms with van der Waals surface area (Å²) in [4.78, 5) is 33.4. The molecule has 3 saturated carbocycles. The molecule has 260 valence electrons. The Balaban J connectivity index is 0.000000614. The summed E-state index contributed by atoms with van der Waals surface area (Å²) in [7, 11) is 0. The number of hydrogen-bond donors (Lipinski definition) is 2. The van der Waals surface area contributed by atoms with Crippen molar-refractivity contribution in [2.75, 3.05) is 18.5 Å². The van der Waals surface area contributed by atoms with Gasteiger partial charge < -0.3 is 29.2 Å². The van der Waals surface area contributed by atoms with E-state index in [9.17, 15) is 14.4 Å². The maximum atomic E-state index is 11.6. The van der Waals surface area contributed by atoms with Crippen LogP contribution in [0.25, 0.3) is 0 Å². The van der Waals surface area contributed by atoms with E-state index in [1.54, 1.807) is 18.2 Å². The van der Waals surface area contributed by atoms with Gasteiger partial charge in [0.15, 0.2) is 0 Å². The van der Waals surface area contributed by atoms with Crippen molar-refractivity contribution in [2.45, 2.75) is 129 Å². The lowest BCUT2D eigenvalue weighted by atomic mass is 10.1. The molecule has 0 aromatic carbocycles. The first-order valence-electron chi connectivity index (χ1n) is 15.9. The number of hydrogen-bond acceptors (Lipinski definition) is 8. The minimum atomic E-state index is -0.681. The van der Waals surface area contributed by atoms with E-state index in [0.717, 1.165) is 43.9 Å². The van der Waals surface area contributed by atoms with E-state index in [4.69, 9.17) is 29.2 Å². The molecule has 0 heterocycles. The summed E-state index contributed by atoms with van der Waals surface area (Å²) < 4.78 is 21.5. The molecule has 0 amide bonds. The van der Waals surface area contributed by atoms with Crippen LogP contribution >= 0.6 is 15.9 Å². The van der Waals surface area contributed by atoms with Crippen LogP contribution in [0.4, 0.5) is 0 Å². The maximum Gasteiger partial charge on any atom is 0.309 e. The van der Waals surface area contributed by atoms with Gasteiger partial charge in [0.2, 0.25) is 0 Å². The third-order valence-electron chi connectivity index (χ3n) is 7.03. The van der Waals surface area contributed by atoms with Crippen LogP contribution in [0, 0.1) is 17.8 Å². The van der Waals surface area contributed by atoms with Gasteiger partial charge in [-0.05, 0) is 99.3 Å². The molecule has 0 aromatic rings. The number of carbonyl (C=O) groups excluding carboxylic acids is 2. The zero-order chi connectivity index (χ0) is 34.6. The van der Waals surface area contributed by atoms with E-state index in [2.05, 4.69) is 35.7 Å². The van der Waals surface area contributed by atoms with Gasteiger partial charge >= 0.3 is 17.9 Å². The third kappa shape index (κ3) is 21.4. The second kappa shape index (κ2) is 22.5. The van der Waals surface area contributed by atoms with Crippen molar-refractivity contribution in [1.82, 2.24) is 0 Å². The molecule has 3 aliphatic carbocycles. The second-order valence-corrected chi connectivity index (χ2v) is 14.2. The van der Waals surface area contributed by atoms with Gasteiger partial charge in [-0.3, -0.25) is 14.4 Å². The first-order valence-corrected chi connectivity index (χ1v) is 17.1. The van der Waals surface area contributed by atoms with E-state index in [1.807, 2.05) is 41.5 Å². The van der Waals surface area contributed by atoms with Gasteiger partial charge in [-0.25, -0.2) is 0 Å². The molecule has 0 bridgehead atoms. The molecule has 10 heteroatoms. The van der Waals surface area contributed by atoms with Crippen molar-refractivity contribution in [2.24, 2.45) is 17.8 Å². The van der Waals surface area contributed by atoms with E-state index in [1.165, 1.54) is 0 Å². The molecule has 0 radical (unpaired) electrons. The third-order valence-corrected chi connectivity index (χ3v) is 7.48. The number of halogens is 1. The fraction of sp³-hybridized carbons (Fsp3) is 0.743. The van der Waals surface area contributed by atoms with Crippen molar-refractivity contribution in [1.29, 1.82) is 0 Å². The topological polar surface area (TPSA) is 129 Å². The fourth-order valence-electron chi connectivity index (χ4n) is 5.22. The van der Waals surface area contributed by atoms with Gasteiger partial charge in [0.25, 0.3) is 0 Å². The van der Waals surface area contributed by atoms with E-state index < -0.39 is 5.97 Å². The van der Waals surface area contributed by atoms with Crippen LogP contribution in [-0.4, -0.2) is 76.2 Å². The van der Waals surface area contributed by atoms with Gasteiger partial charge in [0, 0.05) is 5.33 Å². The van der Waals surface area contributed by atoms with Gasteiger partial charge in [-0.1, -0.05) is 47.3 Å². The number of carboxylic acids is 1. The number of alkyl halides is 1. The van der Waals surface area contributed by atoms with Crippen LogP contribution in [-0.2, 0) is 33.3 Å². The number of aliphatic carboxylic acids is 1. The van der Waals surface area contributed by atoms with Crippen molar-refractivity contribution in [3.8, 4) is 0 Å². The Kier molecular flexibility index (Phi) is 21.5. The largest absolute Gasteiger partial charge is 0.481 e. The number of carboxylic acid groups (broad SMARTS) is 1. The molecule has 3 fully saturated rings. The maximum absolute atomic E-state index is 11.6. The van der Waals surface area contributed by atoms with Crippen LogP contribution in [0.3, 0.4) is 0 Å². The summed E-state index contributed by atoms with van der Waals surface area (Å²) in [6.45, 7) is 23.1. The van der Waals surface area contributed by atoms with Crippen molar-refractivity contribution in [3.63, 3.8) is 0 Å². The summed E-state index contributed by atoms with van der Waals surface area (Å²) in [5.74, 6) is -1.27. The highest BCUT2D eigenvalue weighted by molar-refractivity contribution is 9.09. The summed E-state index contributed by atoms with van der Waals surface area (Å²) in [5.41, 5.74) is -0.289. The molecule has 0 aromatic heterocycles. The molecule has 6 atom stereocenters. The highest BCUT2D eigenvalue weighted by Crippen LogP contribution is 2.32. The number of carbonyl (C=O) groups is 3. The molecule has 0 aliphatic heterocycles. The lowest BCUT2D eigenvalue weighted by Crippen LogP contribution is -2.26. The summed E-state index contributed by atoms with van der Waals surface area (Å²) in [6, 6.07) is 0. The Labute approximate surface area is 279 Å². The minimum absolute atomic E-state index is 0.00676. The van der Waals surface area contributed by atoms with E-state index in [-0.39, 0.29) is 65.8 Å². The van der Waals surface area contributed by atoms with Gasteiger partial charge in [-0.15, -0.1) is 6.58 Å². The Hall–Kier alpha value is -2.01. The molecule has 0 unspecified atom stereocenters. The molecule has 0 spiro atoms. The molecule has 45 heavy (non-hydrogen) atoms. The average molecular weight is 704 g/mol. The number of rotatable bonds is 10. The van der Waals surface area contributed by atoms with Crippen molar-refractivity contribution >= 4 is 33.8 Å². The molecular weight excluding hydrogens is 644 g/mol. The first-order chi connectivity index (χ1) is 21.0. The Morgan fingerprint density at radius 1 is 0.689 bits per heavy atom. The Bertz CT molecular complexity index is 906. The highest BCUT2D eigenvalue weighted by Gasteiger charge is 2.34. The predicted octanol–water partition coefficient (Wildman–Crippen LogP) is 7.20. The first kappa shape index (κ1) is 43.0. The number of esters is 2. The van der Waals surface area contributed by atoms with Crippen LogP contribution in [0.2, 0.25) is 0 Å². The number of allylic oxidation sites excluding steroid dienone is 1. The quantitative estimate of drug-likeness (QED) is 0.138. The zero-order valence-electron chi connectivity index (χ0n) is 28.4. The monoisotopic (exact) mass is 702 g/mol. The van der Waals surface area contributed by atoms with Crippen LogP contribution in [0.5, 0.6) is 0 Å². The van der Waals surface area contributed by atoms with Crippen molar-refractivity contribution < 1.29 is 43.5 Å². The predicted molar refractivity (Wildman–Crippen MR) is 181 cm³/mol. The molecule has 2 N–H and O–H groups in total. The molecule has 3 aliphatic rings. The number of ether oxygens (including phenoxy) is 4. The van der Waals surface area contributed by atoms with Gasteiger partial charge in [0.1, 0.15) is 13.2 Å². The summed E-state index contributed by atoms with van der Waals surface area (Å²) >= 11 is 3.13. The second-order valence-electron chi connectivity index (χ2n) is 13.5. The number of aliphatic hydroxyl groups is 1. The van der Waals surface area contributed by atoms with Gasteiger partial charge in [-0.2, -0.15) is 0 Å². The van der Waals surface area contributed by atoms with Crippen LogP contribution in [0.1, 0.15) is 99.3 Å². The smallest absolute Gasteiger partial charge is 0.309 e. The summed E-state index contributed by atoms with van der Waals surface area (Å²) in [6.07, 6.45) is 11.9. The molecular formula is C35H59BrO9. The van der Waals surface area contributed by atoms with Crippen LogP contribution < -0.4 is 0 Å². The minimum Gasteiger partial charge on any atom is -0.481 e. The summed E-state index contributed by atoms with van der Waals surface area (Å²) in [5, 5.41) is 18.8. The normalized spacial score (nSPS) is 25.6. The fourth-order valence-corrected chi connectivity index (χ4v) is 5.22. The zero-order valence-corrected chi connectivity index (χ0v) is 30.0. The molecule has 3 rings (SSSR count). The standard InChI is InChI=1S/C13H22O3.C10H18O3.C9H14O3.C3H5Br/c1-5-8-15-12(14)10-6-7-11(9-10)16-13(2,3)4;1-10(2,3)13-8-5-4-7(6-8)9(11)12;1-2-5-12-9(11)7-3-4-8(10)6-7;1-2-3-4/h5,10-11H,1,6-9H2,2-4H3;7-8H,4-6H2,1-3H3,(H,11,12);2,7-8,10H,1,3-6H2;2H,1,3H2/t10-,11-;2*7-,8-;/m000./s1. The lowest BCUT2D eigenvalue weighted by molar-refractivity contribution is -0.148. The number of aliphatic hydroxyl groups excluding tert-OH is 1. The van der Waals surface area contributed by atoms with Gasteiger partial charge in [0.05, 0.1) is 47.3 Å². The average Bonchev–Trinajstić information content (AvgIpc) is 3.71. The Morgan fingerprint density at radius 3 is 1.38 bits per heavy atom. The molecule has 0 saturated heterocycles. The SMILES string of the molecule is C=CCBr.C=CCOC(=O)[C@H]1CC[C@H](O)C1.C=CCOC(=O)[C@H]1CC[C@H](OC(C)(C)C)C1.CC(C)(C)O[C@H]1CC[C@H](C(=O)O)C1. The Morgan fingerprint density at radius 2 is 1.07 bits per heavy atom. The van der Waals surface area contributed by atoms with E-state index >= 15 is 0 Å². The lowest BCUT2D eigenvalue weighted by Gasteiger charge is -2.24. The molecule has 9 nitrogen and oxygen atoms in total. The van der Waals surface area contributed by atoms with Crippen molar-refractivity contribution in [3.05, 3.63) is 38.0 Å².